The molecule has 0 spiro atoms. The zero-order valence-corrected chi connectivity index (χ0v) is 15.0. The molecule has 0 fully saturated rings. The number of methoxy groups -OCH3 is 1. The average Bonchev–Trinajstić information content (AvgIpc) is 3.08. The van der Waals surface area contributed by atoms with Crippen LogP contribution in [0.1, 0.15) is 21.3 Å². The molecule has 1 aromatic carbocycles. The molecule has 2 rings (SSSR count). The Bertz CT molecular complexity index is 693. The van der Waals surface area contributed by atoms with E-state index in [0.29, 0.717) is 12.1 Å². The van der Waals surface area contributed by atoms with Crippen molar-refractivity contribution in [1.29, 1.82) is 0 Å². The van der Waals surface area contributed by atoms with E-state index in [1.54, 1.807) is 11.3 Å². The second kappa shape index (κ2) is 8.77. The number of benzene rings is 1. The number of nitrogens with one attached hydrogen (secondary N) is 2. The van der Waals surface area contributed by atoms with Crippen LogP contribution in [0.3, 0.4) is 0 Å². The van der Waals surface area contributed by atoms with Crippen LogP contribution in [0.2, 0.25) is 0 Å². The van der Waals surface area contributed by atoms with Crippen molar-refractivity contribution in [2.24, 2.45) is 0 Å². The summed E-state index contributed by atoms with van der Waals surface area (Å²) in [5, 5.41) is 4.88. The molecule has 1 atom stereocenters. The molecule has 0 aliphatic heterocycles. The largest absolute Gasteiger partial charge is 0.493 e. The van der Waals surface area contributed by atoms with Gasteiger partial charge in [0.25, 0.3) is 5.91 Å². The van der Waals surface area contributed by atoms with Crippen molar-refractivity contribution in [3.8, 4) is 11.5 Å². The molecule has 8 heteroatoms. The molecule has 5 nitrogen and oxygen atoms in total. The standard InChI is InChI=1S/C17H20F2N2O3S/c1-21(2)12(15-5-4-8-25-15)10-20-16(22)11-6-7-13(24-17(18)19)14(9-11)23-3/h4-9,12,17H,10H2,1-3H3,(H,20,22)/p+1/t12-/m1/s1. The van der Waals surface area contributed by atoms with Crippen LogP contribution >= 0.6 is 11.3 Å². The van der Waals surface area contributed by atoms with Gasteiger partial charge in [0.1, 0.15) is 6.04 Å². The number of rotatable bonds is 8. The fraction of sp³-hybridized carbons (Fsp3) is 0.353. The number of hydrogen-bond acceptors (Lipinski definition) is 4. The number of likely N-dealkylation sites (N-methyl/N-ethyl adjacent to an activating group) is 1. The number of halogens is 2. The number of alkyl halides is 2. The van der Waals surface area contributed by atoms with E-state index in [9.17, 15) is 13.6 Å². The number of amides is 1. The number of carbonyl (C=O) groups excluding carboxylic acids is 1. The summed E-state index contributed by atoms with van der Waals surface area (Å²) >= 11 is 1.64. The molecule has 25 heavy (non-hydrogen) atoms. The topological polar surface area (TPSA) is 52.0 Å². The number of ether oxygens (including phenoxy) is 2. The van der Waals surface area contributed by atoms with Crippen LogP contribution in [-0.4, -0.2) is 40.3 Å². The van der Waals surface area contributed by atoms with Gasteiger partial charge in [-0.25, -0.2) is 0 Å². The molecule has 0 aliphatic rings. The van der Waals surface area contributed by atoms with Gasteiger partial charge in [-0.3, -0.25) is 4.79 Å². The normalized spacial score (nSPS) is 12.3. The minimum Gasteiger partial charge on any atom is -0.493 e. The summed E-state index contributed by atoms with van der Waals surface area (Å²) in [7, 11) is 5.38. The van der Waals surface area contributed by atoms with Crippen LogP contribution < -0.4 is 19.7 Å². The molecule has 0 bridgehead atoms. The lowest BCUT2D eigenvalue weighted by Crippen LogP contribution is -3.06. The Balaban J connectivity index is 2.07. The molecular formula is C17H21F2N2O3S+. The lowest BCUT2D eigenvalue weighted by Gasteiger charge is -2.20. The maximum absolute atomic E-state index is 12.4. The summed E-state index contributed by atoms with van der Waals surface area (Å²) < 4.78 is 34.1. The van der Waals surface area contributed by atoms with Crippen LogP contribution in [0.15, 0.2) is 35.7 Å². The highest BCUT2D eigenvalue weighted by molar-refractivity contribution is 7.10. The summed E-state index contributed by atoms with van der Waals surface area (Å²) in [5.74, 6) is -0.325. The van der Waals surface area contributed by atoms with Gasteiger partial charge in [0.05, 0.1) is 32.6 Å². The Hall–Kier alpha value is -2.19. The van der Waals surface area contributed by atoms with E-state index in [-0.39, 0.29) is 23.4 Å². The fourth-order valence-corrected chi connectivity index (χ4v) is 3.33. The Morgan fingerprint density at radius 3 is 2.60 bits per heavy atom. The monoisotopic (exact) mass is 371 g/mol. The summed E-state index contributed by atoms with van der Waals surface area (Å²) in [6.07, 6.45) is 0. The lowest BCUT2D eigenvalue weighted by atomic mass is 10.1. The molecule has 0 unspecified atom stereocenters. The quantitative estimate of drug-likeness (QED) is 0.746. The highest BCUT2D eigenvalue weighted by Crippen LogP contribution is 2.29. The maximum Gasteiger partial charge on any atom is 0.387 e. The second-order valence-electron chi connectivity index (χ2n) is 5.60. The molecule has 0 radical (unpaired) electrons. The van der Waals surface area contributed by atoms with Crippen LogP contribution in [0.25, 0.3) is 0 Å². The average molecular weight is 371 g/mol. The van der Waals surface area contributed by atoms with Gasteiger partial charge in [0.2, 0.25) is 0 Å². The Morgan fingerprint density at radius 1 is 1.28 bits per heavy atom. The van der Waals surface area contributed by atoms with Crippen molar-refractivity contribution in [3.05, 3.63) is 46.2 Å². The van der Waals surface area contributed by atoms with Crippen molar-refractivity contribution < 1.29 is 27.9 Å². The predicted molar refractivity (Wildman–Crippen MR) is 91.8 cm³/mol. The Labute approximate surface area is 149 Å². The highest BCUT2D eigenvalue weighted by Gasteiger charge is 2.21. The number of hydrogen-bond donors (Lipinski definition) is 2. The van der Waals surface area contributed by atoms with Gasteiger partial charge in [-0.15, -0.1) is 11.3 Å². The zero-order valence-electron chi connectivity index (χ0n) is 14.2. The molecule has 0 saturated heterocycles. The van der Waals surface area contributed by atoms with Gasteiger partial charge in [-0.2, -0.15) is 8.78 Å². The summed E-state index contributed by atoms with van der Waals surface area (Å²) in [6, 6.07) is 8.26. The summed E-state index contributed by atoms with van der Waals surface area (Å²) in [6.45, 7) is -2.50. The van der Waals surface area contributed by atoms with E-state index in [0.717, 1.165) is 0 Å². The first-order valence-electron chi connectivity index (χ1n) is 7.67. The fourth-order valence-electron chi connectivity index (χ4n) is 2.38. The smallest absolute Gasteiger partial charge is 0.387 e. The first kappa shape index (κ1) is 19.1. The van der Waals surface area contributed by atoms with Crippen LogP contribution in [-0.2, 0) is 0 Å². The van der Waals surface area contributed by atoms with Crippen LogP contribution in [0.5, 0.6) is 11.5 Å². The van der Waals surface area contributed by atoms with E-state index in [4.69, 9.17) is 4.74 Å². The molecule has 0 aliphatic carbocycles. The number of carbonyl (C=O) groups is 1. The third kappa shape index (κ3) is 5.14. The second-order valence-corrected chi connectivity index (χ2v) is 6.58. The SMILES string of the molecule is COc1cc(C(=O)NC[C@H](c2cccs2)[NH+](C)C)ccc1OC(F)F. The molecular weight excluding hydrogens is 350 g/mol. The van der Waals surface area contributed by atoms with Gasteiger partial charge in [0, 0.05) is 5.56 Å². The van der Waals surface area contributed by atoms with Crippen molar-refractivity contribution in [2.45, 2.75) is 12.7 Å². The van der Waals surface area contributed by atoms with E-state index in [1.807, 2.05) is 31.6 Å². The zero-order chi connectivity index (χ0) is 18.4. The first-order valence-corrected chi connectivity index (χ1v) is 8.54. The van der Waals surface area contributed by atoms with E-state index >= 15 is 0 Å². The van der Waals surface area contributed by atoms with E-state index in [1.165, 1.54) is 35.1 Å². The van der Waals surface area contributed by atoms with Crippen molar-refractivity contribution in [3.63, 3.8) is 0 Å². The summed E-state index contributed by atoms with van der Waals surface area (Å²) in [4.78, 5) is 14.8. The van der Waals surface area contributed by atoms with Crippen LogP contribution in [0, 0.1) is 0 Å². The minimum atomic E-state index is -2.96. The number of thiophene rings is 1. The summed E-state index contributed by atoms with van der Waals surface area (Å²) in [5.41, 5.74) is 0.317. The van der Waals surface area contributed by atoms with Gasteiger partial charge < -0.3 is 19.7 Å². The Morgan fingerprint density at radius 2 is 2.04 bits per heavy atom. The van der Waals surface area contributed by atoms with E-state index in [2.05, 4.69) is 10.1 Å². The van der Waals surface area contributed by atoms with Gasteiger partial charge in [-0.1, -0.05) is 6.07 Å². The van der Waals surface area contributed by atoms with Crippen molar-refractivity contribution >= 4 is 17.2 Å². The number of quaternary nitrogens is 1. The Kier molecular flexibility index (Phi) is 6.72. The van der Waals surface area contributed by atoms with Crippen LogP contribution in [0.4, 0.5) is 8.78 Å². The molecule has 2 aromatic rings. The minimum absolute atomic E-state index is 0.0843. The predicted octanol–water partition coefficient (Wildman–Crippen LogP) is 1.97. The lowest BCUT2D eigenvalue weighted by molar-refractivity contribution is -0.890. The highest BCUT2D eigenvalue weighted by atomic mass is 32.1. The maximum atomic E-state index is 12.4. The van der Waals surface area contributed by atoms with Crippen molar-refractivity contribution in [1.82, 2.24) is 5.32 Å². The first-order chi connectivity index (χ1) is 11.9. The van der Waals surface area contributed by atoms with Crippen molar-refractivity contribution in [2.75, 3.05) is 27.7 Å². The molecule has 1 aromatic heterocycles. The van der Waals surface area contributed by atoms with Gasteiger partial charge in [-0.05, 0) is 29.6 Å². The van der Waals surface area contributed by atoms with Gasteiger partial charge >= 0.3 is 6.61 Å². The van der Waals surface area contributed by atoms with E-state index < -0.39 is 6.61 Å². The molecule has 136 valence electrons. The third-order valence-corrected chi connectivity index (χ3v) is 4.68. The third-order valence-electron chi connectivity index (χ3n) is 3.69. The molecule has 0 saturated carbocycles. The molecule has 2 N–H and O–H groups in total. The molecule has 1 heterocycles. The van der Waals surface area contributed by atoms with Gasteiger partial charge in [0.15, 0.2) is 11.5 Å². The molecule has 1 amide bonds.